The van der Waals surface area contributed by atoms with Crippen LogP contribution in [0.15, 0.2) is 23.1 Å². The van der Waals surface area contributed by atoms with E-state index in [-0.39, 0.29) is 10.5 Å². The molecular weight excluding hydrogens is 285 g/mol. The highest BCUT2D eigenvalue weighted by Crippen LogP contribution is 2.26. The lowest BCUT2D eigenvalue weighted by Crippen LogP contribution is -2.48. The zero-order valence-electron chi connectivity index (χ0n) is 11.8. The van der Waals surface area contributed by atoms with Gasteiger partial charge in [0.25, 0.3) is 0 Å². The second-order valence-electron chi connectivity index (χ2n) is 5.49. The SMILES string of the molecule is Cc1cc(F)ccc1S(=O)(=O)N(CC(=O)O)C(C)(C)C. The van der Waals surface area contributed by atoms with Crippen LogP contribution in [0.1, 0.15) is 26.3 Å². The summed E-state index contributed by atoms with van der Waals surface area (Å²) in [5.74, 6) is -1.79. The standard InChI is InChI=1S/C13H18FNO4S/c1-9-7-10(14)5-6-11(9)20(18,19)15(8-12(16)17)13(2,3)4/h5-7H,8H2,1-4H3,(H,16,17). The van der Waals surface area contributed by atoms with Gasteiger partial charge in [-0.15, -0.1) is 0 Å². The van der Waals surface area contributed by atoms with Crippen LogP contribution in [0.2, 0.25) is 0 Å². The van der Waals surface area contributed by atoms with E-state index in [1.165, 1.54) is 6.92 Å². The number of aryl methyl sites for hydroxylation is 1. The Kier molecular flexibility index (Phi) is 4.55. The number of sulfonamides is 1. The maximum Gasteiger partial charge on any atom is 0.318 e. The van der Waals surface area contributed by atoms with E-state index in [0.717, 1.165) is 22.5 Å². The van der Waals surface area contributed by atoms with E-state index >= 15 is 0 Å². The van der Waals surface area contributed by atoms with Gasteiger partial charge in [0.15, 0.2) is 0 Å². The number of aliphatic carboxylic acids is 1. The summed E-state index contributed by atoms with van der Waals surface area (Å²) in [6, 6.07) is 3.30. The van der Waals surface area contributed by atoms with Gasteiger partial charge >= 0.3 is 5.97 Å². The first kappa shape index (κ1) is 16.6. The van der Waals surface area contributed by atoms with E-state index in [9.17, 15) is 17.6 Å². The van der Waals surface area contributed by atoms with Gasteiger partial charge in [0.05, 0.1) is 4.90 Å². The molecule has 0 heterocycles. The Balaban J connectivity index is 3.40. The number of hydrogen-bond donors (Lipinski definition) is 1. The maximum absolute atomic E-state index is 13.1. The van der Waals surface area contributed by atoms with E-state index in [0.29, 0.717) is 0 Å². The van der Waals surface area contributed by atoms with Crippen LogP contribution in [0, 0.1) is 12.7 Å². The van der Waals surface area contributed by atoms with Crippen molar-refractivity contribution in [1.29, 1.82) is 0 Å². The quantitative estimate of drug-likeness (QED) is 0.923. The zero-order valence-corrected chi connectivity index (χ0v) is 12.7. The summed E-state index contributed by atoms with van der Waals surface area (Å²) in [5, 5.41) is 8.90. The molecule has 0 aliphatic carbocycles. The van der Waals surface area contributed by atoms with E-state index in [1.54, 1.807) is 20.8 Å². The Morgan fingerprint density at radius 3 is 2.30 bits per heavy atom. The monoisotopic (exact) mass is 303 g/mol. The fourth-order valence-corrected chi connectivity index (χ4v) is 3.77. The van der Waals surface area contributed by atoms with Gasteiger partial charge in [-0.05, 0) is 51.5 Å². The van der Waals surface area contributed by atoms with Crippen LogP contribution >= 0.6 is 0 Å². The molecule has 1 rings (SSSR count). The highest BCUT2D eigenvalue weighted by Gasteiger charge is 2.36. The average Bonchev–Trinajstić information content (AvgIpc) is 2.23. The van der Waals surface area contributed by atoms with Crippen molar-refractivity contribution < 1.29 is 22.7 Å². The normalized spacial score (nSPS) is 12.7. The molecule has 1 N–H and O–H groups in total. The van der Waals surface area contributed by atoms with Crippen molar-refractivity contribution >= 4 is 16.0 Å². The lowest BCUT2D eigenvalue weighted by molar-refractivity contribution is -0.138. The Bertz CT molecular complexity index is 620. The van der Waals surface area contributed by atoms with E-state index in [4.69, 9.17) is 5.11 Å². The average molecular weight is 303 g/mol. The largest absolute Gasteiger partial charge is 0.480 e. The third kappa shape index (κ3) is 3.55. The van der Waals surface area contributed by atoms with Gasteiger partial charge < -0.3 is 5.11 Å². The number of benzene rings is 1. The van der Waals surface area contributed by atoms with E-state index < -0.39 is 33.9 Å². The van der Waals surface area contributed by atoms with Crippen LogP contribution < -0.4 is 0 Å². The number of carboxylic acid groups (broad SMARTS) is 1. The molecule has 0 atom stereocenters. The summed E-state index contributed by atoms with van der Waals surface area (Å²) >= 11 is 0. The van der Waals surface area contributed by atoms with Crippen LogP contribution in [0.5, 0.6) is 0 Å². The molecule has 112 valence electrons. The second kappa shape index (κ2) is 5.49. The van der Waals surface area contributed by atoms with Crippen LogP contribution in [-0.4, -0.2) is 35.9 Å². The smallest absolute Gasteiger partial charge is 0.318 e. The highest BCUT2D eigenvalue weighted by molar-refractivity contribution is 7.89. The molecule has 0 radical (unpaired) electrons. The predicted octanol–water partition coefficient (Wildman–Crippen LogP) is 2.01. The zero-order chi connectivity index (χ0) is 15.7. The molecule has 0 bridgehead atoms. The van der Waals surface area contributed by atoms with Crippen LogP contribution in [-0.2, 0) is 14.8 Å². The minimum atomic E-state index is -4.02. The molecule has 7 heteroatoms. The van der Waals surface area contributed by atoms with Gasteiger partial charge in [0, 0.05) is 5.54 Å². The Labute approximate surface area is 118 Å². The summed E-state index contributed by atoms with van der Waals surface area (Å²) in [5.41, 5.74) is -0.664. The first-order valence-electron chi connectivity index (χ1n) is 5.97. The number of carboxylic acids is 1. The van der Waals surface area contributed by atoms with Gasteiger partial charge in [-0.1, -0.05) is 0 Å². The molecule has 20 heavy (non-hydrogen) atoms. The molecule has 0 aliphatic heterocycles. The molecule has 1 aromatic rings. The number of halogens is 1. The molecule has 5 nitrogen and oxygen atoms in total. The van der Waals surface area contributed by atoms with E-state index in [2.05, 4.69) is 0 Å². The molecule has 0 amide bonds. The lowest BCUT2D eigenvalue weighted by Gasteiger charge is -2.33. The minimum Gasteiger partial charge on any atom is -0.480 e. The summed E-state index contributed by atoms with van der Waals surface area (Å²) in [4.78, 5) is 10.8. The third-order valence-corrected chi connectivity index (χ3v) is 5.00. The highest BCUT2D eigenvalue weighted by atomic mass is 32.2. The summed E-state index contributed by atoms with van der Waals surface area (Å²) < 4.78 is 39.1. The summed E-state index contributed by atoms with van der Waals surface area (Å²) in [6.07, 6.45) is 0. The van der Waals surface area contributed by atoms with Crippen LogP contribution in [0.4, 0.5) is 4.39 Å². The number of nitrogens with zero attached hydrogens (tertiary/aromatic N) is 1. The number of carbonyl (C=O) groups is 1. The Morgan fingerprint density at radius 1 is 1.35 bits per heavy atom. The van der Waals surface area contributed by atoms with Crippen molar-refractivity contribution in [3.63, 3.8) is 0 Å². The van der Waals surface area contributed by atoms with Gasteiger partial charge in [-0.3, -0.25) is 4.79 Å². The first-order valence-corrected chi connectivity index (χ1v) is 7.41. The topological polar surface area (TPSA) is 74.7 Å². The molecule has 0 spiro atoms. The fourth-order valence-electron chi connectivity index (χ4n) is 1.83. The van der Waals surface area contributed by atoms with Gasteiger partial charge in [0.2, 0.25) is 10.0 Å². The molecule has 0 aromatic heterocycles. The predicted molar refractivity (Wildman–Crippen MR) is 72.4 cm³/mol. The van der Waals surface area contributed by atoms with Crippen molar-refractivity contribution in [1.82, 2.24) is 4.31 Å². The summed E-state index contributed by atoms with van der Waals surface area (Å²) in [6.45, 7) is 5.63. The van der Waals surface area contributed by atoms with Crippen molar-refractivity contribution in [3.05, 3.63) is 29.6 Å². The number of rotatable bonds is 4. The Morgan fingerprint density at radius 2 is 1.90 bits per heavy atom. The minimum absolute atomic E-state index is 0.0879. The Hall–Kier alpha value is -1.47. The summed E-state index contributed by atoms with van der Waals surface area (Å²) in [7, 11) is -4.02. The molecule has 0 saturated carbocycles. The molecule has 0 saturated heterocycles. The number of hydrogen-bond acceptors (Lipinski definition) is 3. The molecular formula is C13H18FNO4S. The van der Waals surface area contributed by atoms with Gasteiger partial charge in [-0.25, -0.2) is 12.8 Å². The second-order valence-corrected chi connectivity index (χ2v) is 7.32. The lowest BCUT2D eigenvalue weighted by atomic mass is 10.1. The van der Waals surface area contributed by atoms with Gasteiger partial charge in [-0.2, -0.15) is 4.31 Å². The maximum atomic E-state index is 13.1. The van der Waals surface area contributed by atoms with Crippen molar-refractivity contribution in [2.24, 2.45) is 0 Å². The molecule has 1 aromatic carbocycles. The van der Waals surface area contributed by atoms with Crippen LogP contribution in [0.25, 0.3) is 0 Å². The fraction of sp³-hybridized carbons (Fsp3) is 0.462. The van der Waals surface area contributed by atoms with Crippen molar-refractivity contribution in [2.75, 3.05) is 6.54 Å². The molecule has 0 fully saturated rings. The van der Waals surface area contributed by atoms with E-state index in [1.807, 2.05) is 0 Å². The van der Waals surface area contributed by atoms with Gasteiger partial charge in [0.1, 0.15) is 12.4 Å². The van der Waals surface area contributed by atoms with Crippen molar-refractivity contribution in [2.45, 2.75) is 38.1 Å². The first-order chi connectivity index (χ1) is 8.96. The molecule has 0 aliphatic rings. The van der Waals surface area contributed by atoms with Crippen LogP contribution in [0.3, 0.4) is 0 Å². The third-order valence-electron chi connectivity index (χ3n) is 2.73. The van der Waals surface area contributed by atoms with Crippen molar-refractivity contribution in [3.8, 4) is 0 Å². The molecule has 0 unspecified atom stereocenters.